The molecule has 0 amide bonds. The van der Waals surface area contributed by atoms with Crippen LogP contribution in [0.1, 0.15) is 42.5 Å². The Hall–Kier alpha value is -2.41. The SMILES string of the molecule is CN=C(NCc1cccc(CN2CCOC(C)C2)c1)NCC(c1ccccc1)N1CCCC1. The highest BCUT2D eigenvalue weighted by Gasteiger charge is 2.23. The molecule has 2 fully saturated rings. The molecule has 2 aromatic rings. The van der Waals surface area contributed by atoms with Crippen molar-refractivity contribution in [2.75, 3.05) is 46.4 Å². The summed E-state index contributed by atoms with van der Waals surface area (Å²) in [6.45, 7) is 9.89. The molecule has 2 N–H and O–H groups in total. The van der Waals surface area contributed by atoms with E-state index in [0.29, 0.717) is 12.1 Å². The van der Waals surface area contributed by atoms with Gasteiger partial charge in [-0.25, -0.2) is 0 Å². The number of aliphatic imine (C=N–C) groups is 1. The highest BCUT2D eigenvalue weighted by atomic mass is 16.5. The molecule has 2 heterocycles. The lowest BCUT2D eigenvalue weighted by Gasteiger charge is -2.31. The Balaban J connectivity index is 1.31. The van der Waals surface area contributed by atoms with Gasteiger partial charge in [-0.15, -0.1) is 0 Å². The standard InChI is InChI=1S/C27H39N5O/c1-22-20-31(15-16-33-22)21-24-10-8-9-23(17-24)18-29-27(28-2)30-19-26(32-13-6-7-14-32)25-11-4-3-5-12-25/h3-5,8-12,17,22,26H,6-7,13-16,18-21H2,1-2H3,(H2,28,29,30). The number of ether oxygens (including phenoxy) is 1. The Morgan fingerprint density at radius 1 is 1.03 bits per heavy atom. The number of benzene rings is 2. The average molecular weight is 450 g/mol. The molecule has 2 atom stereocenters. The monoisotopic (exact) mass is 449 g/mol. The van der Waals surface area contributed by atoms with Gasteiger partial charge in [0.25, 0.3) is 0 Å². The number of nitrogens with one attached hydrogen (secondary N) is 2. The molecule has 6 nitrogen and oxygen atoms in total. The lowest BCUT2D eigenvalue weighted by Crippen LogP contribution is -2.42. The largest absolute Gasteiger partial charge is 0.376 e. The second-order valence-corrected chi connectivity index (χ2v) is 9.21. The van der Waals surface area contributed by atoms with Crippen molar-refractivity contribution in [2.45, 2.75) is 45.0 Å². The quantitative estimate of drug-likeness (QED) is 0.478. The number of morpholine rings is 1. The van der Waals surface area contributed by atoms with Crippen molar-refractivity contribution in [3.63, 3.8) is 0 Å². The molecular formula is C27H39N5O. The van der Waals surface area contributed by atoms with Crippen molar-refractivity contribution >= 4 is 5.96 Å². The van der Waals surface area contributed by atoms with Crippen LogP contribution in [0.3, 0.4) is 0 Å². The minimum atomic E-state index is 0.318. The van der Waals surface area contributed by atoms with E-state index in [-0.39, 0.29) is 0 Å². The maximum Gasteiger partial charge on any atom is 0.191 e. The minimum absolute atomic E-state index is 0.318. The van der Waals surface area contributed by atoms with Crippen LogP contribution in [0.25, 0.3) is 0 Å². The number of rotatable bonds is 8. The van der Waals surface area contributed by atoms with Crippen LogP contribution in [0.2, 0.25) is 0 Å². The third-order valence-electron chi connectivity index (χ3n) is 6.63. The molecule has 178 valence electrons. The summed E-state index contributed by atoms with van der Waals surface area (Å²) in [5.74, 6) is 0.850. The summed E-state index contributed by atoms with van der Waals surface area (Å²) in [5, 5.41) is 7.08. The summed E-state index contributed by atoms with van der Waals surface area (Å²) in [5.41, 5.74) is 3.99. The molecule has 6 heteroatoms. The maximum absolute atomic E-state index is 5.67. The number of nitrogens with zero attached hydrogens (tertiary/aromatic N) is 3. The number of hydrogen-bond acceptors (Lipinski definition) is 4. The average Bonchev–Trinajstić information content (AvgIpc) is 3.37. The summed E-state index contributed by atoms with van der Waals surface area (Å²) < 4.78 is 5.67. The fourth-order valence-electron chi connectivity index (χ4n) is 4.92. The summed E-state index contributed by atoms with van der Waals surface area (Å²) in [4.78, 5) is 9.54. The molecule has 4 rings (SSSR count). The van der Waals surface area contributed by atoms with Gasteiger partial charge in [-0.3, -0.25) is 14.8 Å². The topological polar surface area (TPSA) is 52.1 Å². The lowest BCUT2D eigenvalue weighted by molar-refractivity contribution is -0.0212. The van der Waals surface area contributed by atoms with E-state index >= 15 is 0 Å². The van der Waals surface area contributed by atoms with E-state index in [1.807, 2.05) is 7.05 Å². The van der Waals surface area contributed by atoms with Gasteiger partial charge in [-0.05, 0) is 49.5 Å². The normalized spacial score (nSPS) is 21.2. The van der Waals surface area contributed by atoms with Gasteiger partial charge in [0.05, 0.1) is 18.8 Å². The van der Waals surface area contributed by atoms with Crippen LogP contribution in [0, 0.1) is 0 Å². The zero-order valence-corrected chi connectivity index (χ0v) is 20.2. The molecule has 0 aromatic heterocycles. The number of guanidine groups is 1. The van der Waals surface area contributed by atoms with Gasteiger partial charge in [0.15, 0.2) is 5.96 Å². The minimum Gasteiger partial charge on any atom is -0.376 e. The molecule has 0 bridgehead atoms. The van der Waals surface area contributed by atoms with Gasteiger partial charge in [-0.1, -0.05) is 54.6 Å². The van der Waals surface area contributed by atoms with Gasteiger partial charge < -0.3 is 15.4 Å². The Bertz CT molecular complexity index is 881. The van der Waals surface area contributed by atoms with Gasteiger partial charge in [0, 0.05) is 39.8 Å². The first-order chi connectivity index (χ1) is 16.2. The molecule has 2 saturated heterocycles. The molecule has 0 saturated carbocycles. The predicted octanol–water partition coefficient (Wildman–Crippen LogP) is 3.41. The van der Waals surface area contributed by atoms with E-state index in [1.54, 1.807) is 0 Å². The van der Waals surface area contributed by atoms with Crippen molar-refractivity contribution in [1.82, 2.24) is 20.4 Å². The van der Waals surface area contributed by atoms with E-state index in [4.69, 9.17) is 4.74 Å². The second kappa shape index (κ2) is 12.2. The molecule has 0 radical (unpaired) electrons. The van der Waals surface area contributed by atoms with Crippen LogP contribution in [0.5, 0.6) is 0 Å². The highest BCUT2D eigenvalue weighted by Crippen LogP contribution is 2.24. The first-order valence-corrected chi connectivity index (χ1v) is 12.4. The van der Waals surface area contributed by atoms with Gasteiger partial charge in [0.2, 0.25) is 0 Å². The van der Waals surface area contributed by atoms with Crippen molar-refractivity contribution in [1.29, 1.82) is 0 Å². The van der Waals surface area contributed by atoms with Crippen LogP contribution in [0.15, 0.2) is 59.6 Å². The molecule has 2 aliphatic rings. The molecule has 0 spiro atoms. The number of hydrogen-bond donors (Lipinski definition) is 2. The molecule has 2 aliphatic heterocycles. The van der Waals surface area contributed by atoms with Crippen LogP contribution >= 0.6 is 0 Å². The molecule has 2 aromatic carbocycles. The lowest BCUT2D eigenvalue weighted by atomic mass is 10.1. The van der Waals surface area contributed by atoms with Crippen molar-refractivity contribution in [2.24, 2.45) is 4.99 Å². The first kappa shape index (κ1) is 23.7. The van der Waals surface area contributed by atoms with Gasteiger partial charge >= 0.3 is 0 Å². The Kier molecular flexibility index (Phi) is 8.75. The number of likely N-dealkylation sites (tertiary alicyclic amines) is 1. The zero-order valence-electron chi connectivity index (χ0n) is 20.2. The predicted molar refractivity (Wildman–Crippen MR) is 135 cm³/mol. The third kappa shape index (κ3) is 7.03. The Labute approximate surface area is 199 Å². The second-order valence-electron chi connectivity index (χ2n) is 9.21. The summed E-state index contributed by atoms with van der Waals surface area (Å²) in [7, 11) is 1.85. The van der Waals surface area contributed by atoms with Crippen LogP contribution in [-0.2, 0) is 17.8 Å². The summed E-state index contributed by atoms with van der Waals surface area (Å²) >= 11 is 0. The van der Waals surface area contributed by atoms with Gasteiger partial charge in [0.1, 0.15) is 0 Å². The van der Waals surface area contributed by atoms with E-state index < -0.39 is 0 Å². The third-order valence-corrected chi connectivity index (χ3v) is 6.63. The van der Waals surface area contributed by atoms with Gasteiger partial charge in [-0.2, -0.15) is 0 Å². The van der Waals surface area contributed by atoms with Crippen LogP contribution in [0.4, 0.5) is 0 Å². The molecule has 2 unspecified atom stereocenters. The Morgan fingerprint density at radius 2 is 1.82 bits per heavy atom. The van der Waals surface area contributed by atoms with E-state index in [0.717, 1.165) is 45.3 Å². The molecular weight excluding hydrogens is 410 g/mol. The van der Waals surface area contributed by atoms with Crippen molar-refractivity contribution < 1.29 is 4.74 Å². The van der Waals surface area contributed by atoms with E-state index in [2.05, 4.69) is 86.9 Å². The fourth-order valence-corrected chi connectivity index (χ4v) is 4.92. The summed E-state index contributed by atoms with van der Waals surface area (Å²) in [6, 6.07) is 20.1. The fraction of sp³-hybridized carbons (Fsp3) is 0.519. The van der Waals surface area contributed by atoms with E-state index in [9.17, 15) is 0 Å². The molecule has 0 aliphatic carbocycles. The van der Waals surface area contributed by atoms with Crippen LogP contribution in [-0.4, -0.2) is 68.2 Å². The zero-order chi connectivity index (χ0) is 22.9. The van der Waals surface area contributed by atoms with Crippen molar-refractivity contribution in [3.05, 3.63) is 71.3 Å². The van der Waals surface area contributed by atoms with E-state index in [1.165, 1.54) is 42.6 Å². The molecule has 33 heavy (non-hydrogen) atoms. The Morgan fingerprint density at radius 3 is 2.58 bits per heavy atom. The van der Waals surface area contributed by atoms with Crippen LogP contribution < -0.4 is 10.6 Å². The highest BCUT2D eigenvalue weighted by molar-refractivity contribution is 5.79. The maximum atomic E-state index is 5.67. The van der Waals surface area contributed by atoms with Crippen molar-refractivity contribution in [3.8, 4) is 0 Å². The summed E-state index contributed by atoms with van der Waals surface area (Å²) in [6.07, 6.45) is 2.89. The first-order valence-electron chi connectivity index (χ1n) is 12.4. The smallest absolute Gasteiger partial charge is 0.191 e.